The van der Waals surface area contributed by atoms with Gasteiger partial charge < -0.3 is 5.11 Å². The topological polar surface area (TPSA) is 37.3 Å². The van der Waals surface area contributed by atoms with Gasteiger partial charge in [0.1, 0.15) is 0 Å². The Bertz CT molecular complexity index is 394. The predicted octanol–water partition coefficient (Wildman–Crippen LogP) is 3.57. The van der Waals surface area contributed by atoms with Crippen LogP contribution in [0.25, 0.3) is 6.08 Å². The molecule has 1 aromatic rings. The average Bonchev–Trinajstić information content (AvgIpc) is 2.15. The molecule has 0 radical (unpaired) electrons. The van der Waals surface area contributed by atoms with Gasteiger partial charge in [0.05, 0.1) is 0 Å². The fraction of sp³-hybridized carbons (Fsp3) is 0.250. The Morgan fingerprint density at radius 2 is 2.00 bits per heavy atom. The summed E-state index contributed by atoms with van der Waals surface area (Å²) in [6, 6.07) is 7.56. The van der Waals surface area contributed by atoms with Gasteiger partial charge in [-0.15, -0.1) is 0 Å². The lowest BCUT2D eigenvalue weighted by molar-refractivity contribution is -0.133. The van der Waals surface area contributed by atoms with Crippen molar-refractivity contribution < 1.29 is 9.90 Å². The van der Waals surface area contributed by atoms with E-state index in [2.05, 4.69) is 15.9 Å². The van der Waals surface area contributed by atoms with Gasteiger partial charge in [-0.1, -0.05) is 48.0 Å². The molecule has 0 bridgehead atoms. The largest absolute Gasteiger partial charge is 0.478 e. The number of carboxylic acid groups (broad SMARTS) is 1. The average molecular weight is 269 g/mol. The van der Waals surface area contributed by atoms with Gasteiger partial charge in [-0.3, -0.25) is 0 Å². The molecule has 1 aromatic carbocycles. The Balaban J connectivity index is 3.14. The summed E-state index contributed by atoms with van der Waals surface area (Å²) in [6.07, 6.45) is 1.71. The summed E-state index contributed by atoms with van der Waals surface area (Å²) >= 11 is 3.39. The number of hydrogen-bond donors (Lipinski definition) is 1. The highest BCUT2D eigenvalue weighted by atomic mass is 79.9. The third-order valence-corrected chi connectivity index (χ3v) is 2.81. The van der Waals surface area contributed by atoms with Gasteiger partial charge in [0.2, 0.25) is 0 Å². The van der Waals surface area contributed by atoms with Crippen LogP contribution >= 0.6 is 15.9 Å². The van der Waals surface area contributed by atoms with Crippen LogP contribution in [-0.2, 0) is 4.79 Å². The number of carboxylic acids is 1. The van der Waals surface area contributed by atoms with E-state index in [9.17, 15) is 4.79 Å². The molecule has 0 fully saturated rings. The molecule has 0 spiro atoms. The van der Waals surface area contributed by atoms with Gasteiger partial charge >= 0.3 is 5.97 Å². The molecular formula is C12H13BrO2. The zero-order valence-electron chi connectivity index (χ0n) is 8.70. The highest BCUT2D eigenvalue weighted by Crippen LogP contribution is 2.21. The minimum absolute atomic E-state index is 0.00889. The Morgan fingerprint density at radius 1 is 1.40 bits per heavy atom. The van der Waals surface area contributed by atoms with Gasteiger partial charge in [0, 0.05) is 10.0 Å². The van der Waals surface area contributed by atoms with Crippen molar-refractivity contribution >= 4 is 28.0 Å². The van der Waals surface area contributed by atoms with Crippen LogP contribution in [0.3, 0.4) is 0 Å². The van der Waals surface area contributed by atoms with E-state index in [0.717, 1.165) is 10.0 Å². The molecule has 2 nitrogen and oxygen atoms in total. The van der Waals surface area contributed by atoms with Crippen molar-refractivity contribution in [3.63, 3.8) is 0 Å². The van der Waals surface area contributed by atoms with E-state index in [1.54, 1.807) is 6.08 Å². The van der Waals surface area contributed by atoms with Crippen LogP contribution in [0.2, 0.25) is 0 Å². The third-order valence-electron chi connectivity index (χ3n) is 2.09. The SMILES string of the molecule is CC(C)/C(=C/c1ccccc1Br)C(=O)O. The van der Waals surface area contributed by atoms with Crippen molar-refractivity contribution in [3.05, 3.63) is 39.9 Å². The van der Waals surface area contributed by atoms with Crippen molar-refractivity contribution in [2.24, 2.45) is 5.92 Å². The number of hydrogen-bond acceptors (Lipinski definition) is 1. The quantitative estimate of drug-likeness (QED) is 0.851. The van der Waals surface area contributed by atoms with E-state index in [-0.39, 0.29) is 5.92 Å². The van der Waals surface area contributed by atoms with E-state index < -0.39 is 5.97 Å². The second-order valence-electron chi connectivity index (χ2n) is 3.58. The summed E-state index contributed by atoms with van der Waals surface area (Å²) in [6.45, 7) is 3.74. The first kappa shape index (κ1) is 12.0. The fourth-order valence-corrected chi connectivity index (χ4v) is 1.63. The lowest BCUT2D eigenvalue weighted by atomic mass is 10.0. The zero-order valence-corrected chi connectivity index (χ0v) is 10.3. The molecule has 0 saturated heterocycles. The van der Waals surface area contributed by atoms with Crippen molar-refractivity contribution in [1.29, 1.82) is 0 Å². The molecule has 0 aliphatic rings. The van der Waals surface area contributed by atoms with Crippen LogP contribution in [0.1, 0.15) is 19.4 Å². The van der Waals surface area contributed by atoms with Crippen molar-refractivity contribution in [1.82, 2.24) is 0 Å². The molecule has 0 heterocycles. The summed E-state index contributed by atoms with van der Waals surface area (Å²) in [5.74, 6) is -0.852. The minimum Gasteiger partial charge on any atom is -0.478 e. The zero-order chi connectivity index (χ0) is 11.4. The molecule has 1 rings (SSSR count). The molecule has 80 valence electrons. The lowest BCUT2D eigenvalue weighted by Crippen LogP contribution is -2.06. The summed E-state index contributed by atoms with van der Waals surface area (Å²) in [7, 11) is 0. The number of benzene rings is 1. The van der Waals surface area contributed by atoms with Crippen molar-refractivity contribution in [2.75, 3.05) is 0 Å². The number of halogens is 1. The first-order valence-corrected chi connectivity index (χ1v) is 5.51. The molecule has 1 N–H and O–H groups in total. The van der Waals surface area contributed by atoms with E-state index in [1.165, 1.54) is 0 Å². The minimum atomic E-state index is -0.860. The van der Waals surface area contributed by atoms with Gasteiger partial charge in [0.25, 0.3) is 0 Å². The highest BCUT2D eigenvalue weighted by molar-refractivity contribution is 9.10. The second-order valence-corrected chi connectivity index (χ2v) is 4.44. The first-order valence-electron chi connectivity index (χ1n) is 4.71. The van der Waals surface area contributed by atoms with Crippen LogP contribution < -0.4 is 0 Å². The van der Waals surface area contributed by atoms with E-state index >= 15 is 0 Å². The summed E-state index contributed by atoms with van der Waals surface area (Å²) in [4.78, 5) is 11.0. The standard InChI is InChI=1S/C12H13BrO2/c1-8(2)10(12(14)15)7-9-5-3-4-6-11(9)13/h3-8H,1-2H3,(H,14,15)/b10-7-. The maximum atomic E-state index is 11.0. The van der Waals surface area contributed by atoms with Gasteiger partial charge in [-0.05, 0) is 23.6 Å². The summed E-state index contributed by atoms with van der Waals surface area (Å²) in [5, 5.41) is 9.01. The molecule has 0 aliphatic heterocycles. The molecule has 0 aromatic heterocycles. The third kappa shape index (κ3) is 3.20. The monoisotopic (exact) mass is 268 g/mol. The van der Waals surface area contributed by atoms with E-state index in [0.29, 0.717) is 5.57 Å². The van der Waals surface area contributed by atoms with Gasteiger partial charge in [0.15, 0.2) is 0 Å². The van der Waals surface area contributed by atoms with Crippen LogP contribution in [-0.4, -0.2) is 11.1 Å². The van der Waals surface area contributed by atoms with Crippen LogP contribution in [0.15, 0.2) is 34.3 Å². The molecule has 0 atom stereocenters. The van der Waals surface area contributed by atoms with Gasteiger partial charge in [-0.25, -0.2) is 4.79 Å². The van der Waals surface area contributed by atoms with Crippen molar-refractivity contribution in [2.45, 2.75) is 13.8 Å². The Labute approximate surface area is 97.8 Å². The maximum Gasteiger partial charge on any atom is 0.331 e. The number of carbonyl (C=O) groups is 1. The second kappa shape index (κ2) is 5.12. The molecule has 0 unspecified atom stereocenters. The van der Waals surface area contributed by atoms with E-state index in [4.69, 9.17) is 5.11 Å². The summed E-state index contributed by atoms with van der Waals surface area (Å²) in [5.41, 5.74) is 1.31. The predicted molar refractivity (Wildman–Crippen MR) is 64.6 cm³/mol. The highest BCUT2D eigenvalue weighted by Gasteiger charge is 2.12. The van der Waals surface area contributed by atoms with Crippen LogP contribution in [0, 0.1) is 5.92 Å². The molecule has 15 heavy (non-hydrogen) atoms. The van der Waals surface area contributed by atoms with Crippen LogP contribution in [0.4, 0.5) is 0 Å². The molecule has 0 amide bonds. The van der Waals surface area contributed by atoms with Crippen LogP contribution in [0.5, 0.6) is 0 Å². The Kier molecular flexibility index (Phi) is 4.09. The van der Waals surface area contributed by atoms with E-state index in [1.807, 2.05) is 38.1 Å². The van der Waals surface area contributed by atoms with Gasteiger partial charge in [-0.2, -0.15) is 0 Å². The maximum absolute atomic E-state index is 11.0. The Hall–Kier alpha value is -1.09. The number of rotatable bonds is 3. The normalized spacial score (nSPS) is 11.9. The Morgan fingerprint density at radius 3 is 2.47 bits per heavy atom. The molecule has 0 aliphatic carbocycles. The molecule has 0 saturated carbocycles. The first-order chi connectivity index (χ1) is 7.02. The smallest absolute Gasteiger partial charge is 0.331 e. The lowest BCUT2D eigenvalue weighted by Gasteiger charge is -2.06. The van der Waals surface area contributed by atoms with Crippen molar-refractivity contribution in [3.8, 4) is 0 Å². The number of aliphatic carboxylic acids is 1. The fourth-order valence-electron chi connectivity index (χ4n) is 1.24. The molecular weight excluding hydrogens is 256 g/mol. The summed E-state index contributed by atoms with van der Waals surface area (Å²) < 4.78 is 0.907. The molecule has 3 heteroatoms.